The van der Waals surface area contributed by atoms with E-state index in [1.165, 1.54) is 12.8 Å². The first-order valence-corrected chi connectivity index (χ1v) is 5.77. The summed E-state index contributed by atoms with van der Waals surface area (Å²) >= 11 is 0. The Balaban J connectivity index is 2.15. The molecule has 4 nitrogen and oxygen atoms in total. The monoisotopic (exact) mass is 235 g/mol. The minimum atomic E-state index is -0.121. The van der Waals surface area contributed by atoms with Crippen LogP contribution in [0, 0.1) is 5.92 Å². The van der Waals surface area contributed by atoms with Gasteiger partial charge in [-0.2, -0.15) is 0 Å². The molecule has 0 aromatic heterocycles. The molecule has 92 valence electrons. The largest absolute Gasteiger partial charge is 0.493 e. The fourth-order valence-electron chi connectivity index (χ4n) is 1.57. The number of hydrogen-bond donors (Lipinski definition) is 1. The maximum atomic E-state index is 11.5. The summed E-state index contributed by atoms with van der Waals surface area (Å²) in [7, 11) is 3.20. The number of amides is 1. The van der Waals surface area contributed by atoms with Crippen LogP contribution in [0.15, 0.2) is 18.2 Å². The second-order valence-electron chi connectivity index (χ2n) is 4.20. The van der Waals surface area contributed by atoms with Crippen molar-refractivity contribution in [1.82, 2.24) is 5.32 Å². The Kier molecular flexibility index (Phi) is 3.52. The molecule has 1 N–H and O–H groups in total. The molecule has 0 atom stereocenters. The van der Waals surface area contributed by atoms with Crippen LogP contribution in [-0.4, -0.2) is 26.7 Å². The van der Waals surface area contributed by atoms with Crippen LogP contribution < -0.4 is 14.8 Å². The van der Waals surface area contributed by atoms with Gasteiger partial charge >= 0.3 is 0 Å². The quantitative estimate of drug-likeness (QED) is 0.847. The Hall–Kier alpha value is -1.71. The first-order valence-electron chi connectivity index (χ1n) is 5.77. The molecular weight excluding hydrogens is 218 g/mol. The molecule has 17 heavy (non-hydrogen) atoms. The summed E-state index contributed by atoms with van der Waals surface area (Å²) in [5.74, 6) is 1.85. The van der Waals surface area contributed by atoms with Crippen molar-refractivity contribution in [2.75, 3.05) is 20.8 Å². The van der Waals surface area contributed by atoms with E-state index in [0.717, 1.165) is 0 Å². The van der Waals surface area contributed by atoms with Crippen molar-refractivity contribution in [3.05, 3.63) is 23.8 Å². The van der Waals surface area contributed by atoms with Crippen molar-refractivity contribution >= 4 is 5.91 Å². The van der Waals surface area contributed by atoms with Crippen LogP contribution in [0.5, 0.6) is 11.5 Å². The molecule has 2 rings (SSSR count). The molecule has 0 bridgehead atoms. The van der Waals surface area contributed by atoms with Crippen LogP contribution in [0.4, 0.5) is 0 Å². The number of rotatable bonds is 5. The number of carbonyl (C=O) groups is 1. The Bertz CT molecular complexity index is 413. The van der Waals surface area contributed by atoms with Gasteiger partial charge in [0.1, 0.15) is 0 Å². The van der Waals surface area contributed by atoms with Gasteiger partial charge in [0.15, 0.2) is 11.5 Å². The second-order valence-corrected chi connectivity index (χ2v) is 4.20. The first-order chi connectivity index (χ1) is 8.24. The minimum absolute atomic E-state index is 0.121. The van der Waals surface area contributed by atoms with Gasteiger partial charge in [-0.1, -0.05) is 0 Å². The number of methoxy groups -OCH3 is 1. The van der Waals surface area contributed by atoms with E-state index in [1.807, 2.05) is 0 Å². The van der Waals surface area contributed by atoms with Gasteiger partial charge < -0.3 is 14.8 Å². The van der Waals surface area contributed by atoms with Crippen molar-refractivity contribution in [3.63, 3.8) is 0 Å². The Morgan fingerprint density at radius 2 is 2.18 bits per heavy atom. The molecule has 1 amide bonds. The highest BCUT2D eigenvalue weighted by molar-refractivity contribution is 5.94. The van der Waals surface area contributed by atoms with Gasteiger partial charge in [-0.3, -0.25) is 4.79 Å². The average Bonchev–Trinajstić information content (AvgIpc) is 3.19. The molecule has 1 fully saturated rings. The Labute approximate surface area is 101 Å². The van der Waals surface area contributed by atoms with Crippen molar-refractivity contribution in [2.24, 2.45) is 5.92 Å². The van der Waals surface area contributed by atoms with Crippen molar-refractivity contribution < 1.29 is 14.3 Å². The van der Waals surface area contributed by atoms with Crippen LogP contribution >= 0.6 is 0 Å². The van der Waals surface area contributed by atoms with Crippen LogP contribution in [0.3, 0.4) is 0 Å². The van der Waals surface area contributed by atoms with E-state index in [0.29, 0.717) is 29.6 Å². The summed E-state index contributed by atoms with van der Waals surface area (Å²) in [6.07, 6.45) is 2.47. The molecule has 1 aromatic carbocycles. The Morgan fingerprint density at radius 1 is 1.41 bits per heavy atom. The predicted molar refractivity (Wildman–Crippen MR) is 64.6 cm³/mol. The molecule has 0 heterocycles. The third-order valence-electron chi connectivity index (χ3n) is 2.82. The number of ether oxygens (including phenoxy) is 2. The summed E-state index contributed by atoms with van der Waals surface area (Å²) < 4.78 is 10.9. The second kappa shape index (κ2) is 5.08. The Morgan fingerprint density at radius 3 is 2.76 bits per heavy atom. The summed E-state index contributed by atoms with van der Waals surface area (Å²) in [4.78, 5) is 11.5. The van der Waals surface area contributed by atoms with Gasteiger partial charge in [0.05, 0.1) is 13.7 Å². The van der Waals surface area contributed by atoms with E-state index in [4.69, 9.17) is 9.47 Å². The van der Waals surface area contributed by atoms with E-state index in [2.05, 4.69) is 5.32 Å². The van der Waals surface area contributed by atoms with Gasteiger partial charge in [0.25, 0.3) is 5.91 Å². The van der Waals surface area contributed by atoms with Gasteiger partial charge in [-0.15, -0.1) is 0 Å². The van der Waals surface area contributed by atoms with Crippen molar-refractivity contribution in [1.29, 1.82) is 0 Å². The molecule has 4 heteroatoms. The maximum Gasteiger partial charge on any atom is 0.251 e. The first kappa shape index (κ1) is 11.8. The van der Waals surface area contributed by atoms with Crippen LogP contribution in [-0.2, 0) is 0 Å². The molecule has 0 unspecified atom stereocenters. The SMILES string of the molecule is CNC(=O)c1ccc(OC)c(OCC2CC2)c1. The van der Waals surface area contributed by atoms with Gasteiger partial charge in [-0.05, 0) is 37.0 Å². The summed E-state index contributed by atoms with van der Waals surface area (Å²) in [6, 6.07) is 5.20. The fourth-order valence-corrected chi connectivity index (χ4v) is 1.57. The molecular formula is C13H17NO3. The highest BCUT2D eigenvalue weighted by Gasteiger charge is 2.22. The maximum absolute atomic E-state index is 11.5. The van der Waals surface area contributed by atoms with E-state index in [-0.39, 0.29) is 5.91 Å². The molecule has 0 radical (unpaired) electrons. The lowest BCUT2D eigenvalue weighted by Crippen LogP contribution is -2.17. The highest BCUT2D eigenvalue weighted by Crippen LogP contribution is 2.33. The third kappa shape index (κ3) is 2.90. The zero-order valence-electron chi connectivity index (χ0n) is 10.2. The van der Waals surface area contributed by atoms with E-state index >= 15 is 0 Å². The number of hydrogen-bond acceptors (Lipinski definition) is 3. The lowest BCUT2D eigenvalue weighted by molar-refractivity contribution is 0.0962. The predicted octanol–water partition coefficient (Wildman–Crippen LogP) is 1.84. The molecule has 0 spiro atoms. The van der Waals surface area contributed by atoms with Crippen LogP contribution in [0.2, 0.25) is 0 Å². The molecule has 1 aliphatic rings. The lowest BCUT2D eigenvalue weighted by Gasteiger charge is -2.11. The van der Waals surface area contributed by atoms with Crippen LogP contribution in [0.1, 0.15) is 23.2 Å². The number of benzene rings is 1. The normalized spacial score (nSPS) is 14.2. The smallest absolute Gasteiger partial charge is 0.251 e. The van der Waals surface area contributed by atoms with Gasteiger partial charge in [0, 0.05) is 12.6 Å². The standard InChI is InChI=1S/C13H17NO3/c1-14-13(15)10-5-6-11(16-2)12(7-10)17-8-9-3-4-9/h5-7,9H,3-4,8H2,1-2H3,(H,14,15). The van der Waals surface area contributed by atoms with E-state index in [9.17, 15) is 4.79 Å². The van der Waals surface area contributed by atoms with E-state index < -0.39 is 0 Å². The average molecular weight is 235 g/mol. The fraction of sp³-hybridized carbons (Fsp3) is 0.462. The molecule has 0 saturated heterocycles. The molecule has 1 aliphatic carbocycles. The van der Waals surface area contributed by atoms with Crippen LogP contribution in [0.25, 0.3) is 0 Å². The lowest BCUT2D eigenvalue weighted by atomic mass is 10.2. The minimum Gasteiger partial charge on any atom is -0.493 e. The van der Waals surface area contributed by atoms with Crippen molar-refractivity contribution in [3.8, 4) is 11.5 Å². The molecule has 1 saturated carbocycles. The molecule has 0 aliphatic heterocycles. The highest BCUT2D eigenvalue weighted by atomic mass is 16.5. The zero-order valence-corrected chi connectivity index (χ0v) is 10.2. The summed E-state index contributed by atoms with van der Waals surface area (Å²) in [5, 5.41) is 2.59. The number of carbonyl (C=O) groups excluding carboxylic acids is 1. The van der Waals surface area contributed by atoms with Crippen molar-refractivity contribution in [2.45, 2.75) is 12.8 Å². The molecule has 1 aromatic rings. The zero-order chi connectivity index (χ0) is 12.3. The number of nitrogens with one attached hydrogen (secondary N) is 1. The summed E-state index contributed by atoms with van der Waals surface area (Å²) in [6.45, 7) is 0.702. The van der Waals surface area contributed by atoms with Gasteiger partial charge in [0.2, 0.25) is 0 Å². The topological polar surface area (TPSA) is 47.6 Å². The van der Waals surface area contributed by atoms with E-state index in [1.54, 1.807) is 32.4 Å². The summed E-state index contributed by atoms with van der Waals surface area (Å²) in [5.41, 5.74) is 0.582. The third-order valence-corrected chi connectivity index (χ3v) is 2.82. The van der Waals surface area contributed by atoms with Gasteiger partial charge in [-0.25, -0.2) is 0 Å².